The lowest BCUT2D eigenvalue weighted by Crippen LogP contribution is -2.61. The van der Waals surface area contributed by atoms with Crippen LogP contribution in [0.2, 0.25) is 0 Å². The van der Waals surface area contributed by atoms with Crippen molar-refractivity contribution in [3.63, 3.8) is 0 Å². The third-order valence-corrected chi connectivity index (χ3v) is 11.4. The first-order valence-corrected chi connectivity index (χ1v) is 18.1. The number of sulfonamides is 1. The lowest BCUT2D eigenvalue weighted by molar-refractivity contribution is -0.273. The number of aliphatic hydroxyl groups is 1. The number of hydrogen-bond donors (Lipinski definition) is 2. The van der Waals surface area contributed by atoms with Gasteiger partial charge in [-0.15, -0.1) is 0 Å². The summed E-state index contributed by atoms with van der Waals surface area (Å²) in [4.78, 5) is 26.1. The highest BCUT2D eigenvalue weighted by Crippen LogP contribution is 2.38. The minimum absolute atomic E-state index is 0.0411. The number of ether oxygens (including phenoxy) is 5. The van der Waals surface area contributed by atoms with Gasteiger partial charge in [0.1, 0.15) is 6.09 Å². The fourth-order valence-electron chi connectivity index (χ4n) is 6.70. The molecule has 14 nitrogen and oxygen atoms in total. The topological polar surface area (TPSA) is 176 Å². The number of carbonyl (C=O) groups is 2. The molecule has 2 aromatic carbocycles. The molecule has 2 aromatic rings. The van der Waals surface area contributed by atoms with E-state index in [-0.39, 0.29) is 55.6 Å². The number of hydrogen-bond acceptors (Lipinski definition) is 11. The standard InChI is InChI=1S/C34H45N3O11S/c1-34(2,13-15-45-32(39)35-23-8-9-23)20-36(49(42,43)24-10-11-29-30(17-24)48-21-47-29)18-28(38)26(16-22-6-4-3-5-7-22)37(33(40)41)27-19-46-31-25(27)12-14-44-31/h3-7,10-11,17,23,25-28,31,38H,8-9,12-16,18-21H2,1-2H3,(H,35,39)(H,40,41)/p-1/t25-,26-,27-,28+,31+/m0/s1. The van der Waals surface area contributed by atoms with Crippen molar-refractivity contribution in [2.24, 2.45) is 11.3 Å². The van der Waals surface area contributed by atoms with Crippen LogP contribution in [0.3, 0.4) is 0 Å². The Morgan fingerprint density at radius 3 is 2.57 bits per heavy atom. The number of carboxylic acid groups (broad SMARTS) is 1. The Hall–Kier alpha value is -3.63. The van der Waals surface area contributed by atoms with Crippen molar-refractivity contribution in [2.45, 2.75) is 81.4 Å². The normalized spacial score (nSPS) is 22.8. The average molecular weight is 703 g/mol. The highest BCUT2D eigenvalue weighted by atomic mass is 32.2. The van der Waals surface area contributed by atoms with E-state index in [9.17, 15) is 28.2 Å². The molecule has 0 bridgehead atoms. The molecule has 2 saturated heterocycles. The first kappa shape index (κ1) is 35.2. The van der Waals surface area contributed by atoms with Crippen molar-refractivity contribution in [3.05, 3.63) is 54.1 Å². The maximum Gasteiger partial charge on any atom is 0.407 e. The highest BCUT2D eigenvalue weighted by molar-refractivity contribution is 7.89. The van der Waals surface area contributed by atoms with Gasteiger partial charge in [-0.3, -0.25) is 0 Å². The van der Waals surface area contributed by atoms with E-state index in [1.54, 1.807) is 0 Å². The Morgan fingerprint density at radius 1 is 1.08 bits per heavy atom. The molecule has 1 saturated carbocycles. The molecule has 4 aliphatic rings. The van der Waals surface area contributed by atoms with Gasteiger partial charge in [0.25, 0.3) is 0 Å². The zero-order valence-corrected chi connectivity index (χ0v) is 28.5. The Morgan fingerprint density at radius 2 is 1.84 bits per heavy atom. The van der Waals surface area contributed by atoms with Crippen molar-refractivity contribution in [1.29, 1.82) is 0 Å². The van der Waals surface area contributed by atoms with Crippen molar-refractivity contribution in [1.82, 2.24) is 14.5 Å². The van der Waals surface area contributed by atoms with Crippen LogP contribution in [0.4, 0.5) is 9.59 Å². The molecular weight excluding hydrogens is 658 g/mol. The Bertz CT molecular complexity index is 1590. The molecule has 1 aliphatic carbocycles. The largest absolute Gasteiger partial charge is 0.530 e. The van der Waals surface area contributed by atoms with Gasteiger partial charge < -0.3 is 48.9 Å². The van der Waals surface area contributed by atoms with E-state index in [2.05, 4.69) is 5.32 Å². The van der Waals surface area contributed by atoms with Crippen LogP contribution in [-0.4, -0.2) is 105 Å². The van der Waals surface area contributed by atoms with E-state index in [1.165, 1.54) is 18.2 Å². The first-order valence-electron chi connectivity index (χ1n) is 16.7. The van der Waals surface area contributed by atoms with Gasteiger partial charge in [0.05, 0.1) is 42.9 Å². The third kappa shape index (κ3) is 8.40. The van der Waals surface area contributed by atoms with E-state index in [4.69, 9.17) is 23.7 Å². The van der Waals surface area contributed by atoms with E-state index in [1.807, 2.05) is 44.2 Å². The van der Waals surface area contributed by atoms with Crippen LogP contribution < -0.4 is 19.9 Å². The van der Waals surface area contributed by atoms with Gasteiger partial charge >= 0.3 is 6.09 Å². The second kappa shape index (κ2) is 14.7. The van der Waals surface area contributed by atoms with Gasteiger partial charge in [0.2, 0.25) is 16.8 Å². The van der Waals surface area contributed by atoms with Gasteiger partial charge in [-0.2, -0.15) is 4.31 Å². The van der Waals surface area contributed by atoms with Crippen LogP contribution in [0.15, 0.2) is 53.4 Å². The molecule has 2 N–H and O–H groups in total. The number of carbonyl (C=O) groups excluding carboxylic acids is 2. The maximum absolute atomic E-state index is 14.4. The molecular formula is C34H44N3O11S-. The summed E-state index contributed by atoms with van der Waals surface area (Å²) >= 11 is 0. The zero-order chi connectivity index (χ0) is 34.8. The van der Waals surface area contributed by atoms with E-state index >= 15 is 0 Å². The minimum atomic E-state index is -4.29. The van der Waals surface area contributed by atoms with E-state index in [0.717, 1.165) is 27.6 Å². The Balaban J connectivity index is 1.28. The lowest BCUT2D eigenvalue weighted by atomic mass is 9.89. The van der Waals surface area contributed by atoms with Gasteiger partial charge in [-0.1, -0.05) is 44.2 Å². The van der Waals surface area contributed by atoms with Crippen molar-refractivity contribution in [3.8, 4) is 11.5 Å². The molecule has 0 spiro atoms. The summed E-state index contributed by atoms with van der Waals surface area (Å²) in [7, 11) is -4.29. The molecule has 0 radical (unpaired) electrons. The van der Waals surface area contributed by atoms with Gasteiger partial charge in [-0.25, -0.2) is 13.2 Å². The molecule has 3 fully saturated rings. The van der Waals surface area contributed by atoms with E-state index < -0.39 is 58.6 Å². The summed E-state index contributed by atoms with van der Waals surface area (Å²) in [6, 6.07) is 11.8. The Kier molecular flexibility index (Phi) is 10.6. The number of nitrogens with one attached hydrogen (secondary N) is 1. The summed E-state index contributed by atoms with van der Waals surface area (Å²) in [6.07, 6.45) is -1.24. The third-order valence-electron chi connectivity index (χ3n) is 9.55. The highest BCUT2D eigenvalue weighted by Gasteiger charge is 2.47. The quantitative estimate of drug-likeness (QED) is 0.278. The predicted octanol–water partition coefficient (Wildman–Crippen LogP) is 2.09. The molecule has 15 heteroatoms. The molecule has 5 atom stereocenters. The summed E-state index contributed by atoms with van der Waals surface area (Å²) in [5.41, 5.74) is 0.0164. The fourth-order valence-corrected chi connectivity index (χ4v) is 8.36. The molecule has 3 aliphatic heterocycles. The molecule has 268 valence electrons. The van der Waals surface area contributed by atoms with Crippen LogP contribution in [0.25, 0.3) is 0 Å². The van der Waals surface area contributed by atoms with Crippen LogP contribution in [-0.2, 0) is 30.7 Å². The van der Waals surface area contributed by atoms with Crippen molar-refractivity contribution >= 4 is 22.2 Å². The van der Waals surface area contributed by atoms with Gasteiger partial charge in [-0.05, 0) is 55.2 Å². The van der Waals surface area contributed by atoms with Crippen molar-refractivity contribution in [2.75, 3.05) is 39.7 Å². The van der Waals surface area contributed by atoms with Crippen LogP contribution in [0.5, 0.6) is 11.5 Å². The molecule has 49 heavy (non-hydrogen) atoms. The number of nitrogens with zero attached hydrogens (tertiary/aromatic N) is 2. The van der Waals surface area contributed by atoms with Gasteiger partial charge in [0, 0.05) is 31.1 Å². The van der Waals surface area contributed by atoms with Gasteiger partial charge in [0.15, 0.2) is 17.8 Å². The number of rotatable bonds is 15. The van der Waals surface area contributed by atoms with Crippen LogP contribution in [0.1, 0.15) is 45.1 Å². The Labute approximate surface area is 286 Å². The lowest BCUT2D eigenvalue weighted by Gasteiger charge is -2.43. The number of aliphatic hydroxyl groups excluding tert-OH is 1. The molecule has 0 aromatic heterocycles. The first-order chi connectivity index (χ1) is 23.4. The summed E-state index contributed by atoms with van der Waals surface area (Å²) in [5.74, 6) is 0.427. The second-order valence-corrected chi connectivity index (χ2v) is 15.8. The fraction of sp³-hybridized carbons (Fsp3) is 0.588. The molecule has 3 heterocycles. The monoisotopic (exact) mass is 702 g/mol. The smallest absolute Gasteiger partial charge is 0.407 e. The zero-order valence-electron chi connectivity index (χ0n) is 27.7. The van der Waals surface area contributed by atoms with E-state index in [0.29, 0.717) is 25.2 Å². The summed E-state index contributed by atoms with van der Waals surface area (Å²) < 4.78 is 57.5. The SMILES string of the molecule is CC(C)(CCOC(=O)NC1CC1)CN(C[C@@H](O)[C@H](Cc1ccccc1)N(C(=O)[O-])[C@H]1CO[C@H]2OCC[C@H]21)S(=O)(=O)c1ccc2c(c1)OCO2. The number of fused-ring (bicyclic) bond motifs is 2. The average Bonchev–Trinajstić information content (AvgIpc) is 3.39. The number of alkyl carbamates (subject to hydrolysis) is 1. The molecule has 2 amide bonds. The molecule has 6 rings (SSSR count). The summed E-state index contributed by atoms with van der Waals surface area (Å²) in [6.45, 7) is 3.65. The number of benzene rings is 2. The van der Waals surface area contributed by atoms with Crippen LogP contribution in [0, 0.1) is 11.3 Å². The summed E-state index contributed by atoms with van der Waals surface area (Å²) in [5, 5.41) is 27.7. The maximum atomic E-state index is 14.4. The van der Waals surface area contributed by atoms with Crippen LogP contribution >= 0.6 is 0 Å². The predicted molar refractivity (Wildman–Crippen MR) is 172 cm³/mol. The second-order valence-electron chi connectivity index (χ2n) is 13.9. The van der Waals surface area contributed by atoms with Crippen molar-refractivity contribution < 1.29 is 51.9 Å². The molecule has 0 unspecified atom stereocenters. The minimum Gasteiger partial charge on any atom is -0.530 e. The number of amides is 2.